The summed E-state index contributed by atoms with van der Waals surface area (Å²) in [6.07, 6.45) is 2.38. The van der Waals surface area contributed by atoms with Crippen LogP contribution in [0, 0.1) is 6.92 Å². The van der Waals surface area contributed by atoms with E-state index in [-0.39, 0.29) is 5.91 Å². The van der Waals surface area contributed by atoms with Crippen LogP contribution in [0.4, 0.5) is 5.82 Å². The van der Waals surface area contributed by atoms with Crippen LogP contribution in [0.1, 0.15) is 11.3 Å². The fourth-order valence-corrected chi connectivity index (χ4v) is 2.47. The molecule has 1 aromatic carbocycles. The van der Waals surface area contributed by atoms with Gasteiger partial charge in [0.15, 0.2) is 5.82 Å². The summed E-state index contributed by atoms with van der Waals surface area (Å²) in [5, 5.41) is 8.06. The Morgan fingerprint density at radius 3 is 2.95 bits per heavy atom. The number of nitrogens with zero attached hydrogens (tertiary/aromatic N) is 2. The van der Waals surface area contributed by atoms with Crippen LogP contribution in [-0.4, -0.2) is 26.7 Å². The van der Waals surface area contributed by atoms with Gasteiger partial charge in [0.05, 0.1) is 6.04 Å². The molecule has 1 amide bonds. The fraction of sp³-hybridized carbons (Fsp3) is 0.250. The van der Waals surface area contributed by atoms with E-state index in [1.165, 1.54) is 0 Å². The lowest BCUT2D eigenvalue weighted by Gasteiger charge is -2.10. The number of aromatic amines is 1. The van der Waals surface area contributed by atoms with E-state index >= 15 is 0 Å². The molecule has 4 N–H and O–H groups in total. The number of nitrogens with two attached hydrogens (primary N) is 1. The van der Waals surface area contributed by atoms with E-state index in [1.54, 1.807) is 4.68 Å². The predicted molar refractivity (Wildman–Crippen MR) is 86.6 cm³/mol. The van der Waals surface area contributed by atoms with Crippen molar-refractivity contribution in [1.29, 1.82) is 0 Å². The Bertz CT molecular complexity index is 797. The molecule has 6 nitrogen and oxygen atoms in total. The van der Waals surface area contributed by atoms with Crippen molar-refractivity contribution in [3.63, 3.8) is 0 Å². The van der Waals surface area contributed by atoms with Gasteiger partial charge in [-0.1, -0.05) is 18.2 Å². The zero-order valence-corrected chi connectivity index (χ0v) is 12.6. The van der Waals surface area contributed by atoms with Gasteiger partial charge in [0, 0.05) is 35.9 Å². The van der Waals surface area contributed by atoms with Gasteiger partial charge in [-0.25, -0.2) is 0 Å². The lowest BCUT2D eigenvalue weighted by molar-refractivity contribution is -0.117. The van der Waals surface area contributed by atoms with E-state index in [0.717, 1.165) is 22.2 Å². The van der Waals surface area contributed by atoms with Gasteiger partial charge >= 0.3 is 0 Å². The number of hydrogen-bond acceptors (Lipinski definition) is 3. The predicted octanol–water partition coefficient (Wildman–Crippen LogP) is 1.72. The van der Waals surface area contributed by atoms with E-state index in [1.807, 2.05) is 50.5 Å². The van der Waals surface area contributed by atoms with Crippen molar-refractivity contribution in [2.24, 2.45) is 12.8 Å². The third-order valence-corrected chi connectivity index (χ3v) is 3.82. The van der Waals surface area contributed by atoms with E-state index in [4.69, 9.17) is 5.73 Å². The first-order valence-corrected chi connectivity index (χ1v) is 7.16. The number of carbonyl (C=O) groups excluding carboxylic acids is 1. The number of carbonyl (C=O) groups is 1. The van der Waals surface area contributed by atoms with E-state index < -0.39 is 6.04 Å². The van der Waals surface area contributed by atoms with Crippen LogP contribution in [-0.2, 0) is 18.3 Å². The molecule has 0 radical (unpaired) electrons. The van der Waals surface area contributed by atoms with Crippen molar-refractivity contribution in [3.8, 4) is 0 Å². The van der Waals surface area contributed by atoms with Crippen molar-refractivity contribution in [2.45, 2.75) is 19.4 Å². The summed E-state index contributed by atoms with van der Waals surface area (Å²) in [5.41, 5.74) is 9.09. The topological polar surface area (TPSA) is 88.7 Å². The van der Waals surface area contributed by atoms with Gasteiger partial charge in [0.2, 0.25) is 5.91 Å². The maximum Gasteiger partial charge on any atom is 0.242 e. The molecule has 0 spiro atoms. The summed E-state index contributed by atoms with van der Waals surface area (Å²) in [7, 11) is 1.83. The lowest BCUT2D eigenvalue weighted by atomic mass is 10.1. The molecule has 1 atom stereocenters. The molecule has 0 saturated carbocycles. The molecule has 0 unspecified atom stereocenters. The van der Waals surface area contributed by atoms with Crippen LogP contribution in [0.2, 0.25) is 0 Å². The number of aromatic nitrogens is 3. The molecular weight excluding hydrogens is 278 g/mol. The largest absolute Gasteiger partial charge is 0.361 e. The zero-order chi connectivity index (χ0) is 15.7. The maximum absolute atomic E-state index is 12.2. The number of benzene rings is 1. The van der Waals surface area contributed by atoms with Crippen molar-refractivity contribution in [3.05, 3.63) is 47.8 Å². The van der Waals surface area contributed by atoms with Gasteiger partial charge in [-0.05, 0) is 25.0 Å². The Kier molecular flexibility index (Phi) is 3.68. The smallest absolute Gasteiger partial charge is 0.242 e. The van der Waals surface area contributed by atoms with Gasteiger partial charge in [-0.3, -0.25) is 9.48 Å². The Balaban J connectivity index is 1.71. The summed E-state index contributed by atoms with van der Waals surface area (Å²) < 4.78 is 1.71. The number of aryl methyl sites for hydroxylation is 2. The first-order valence-electron chi connectivity index (χ1n) is 7.16. The van der Waals surface area contributed by atoms with E-state index in [0.29, 0.717) is 12.2 Å². The second-order valence-corrected chi connectivity index (χ2v) is 5.45. The monoisotopic (exact) mass is 297 g/mol. The van der Waals surface area contributed by atoms with Crippen molar-refractivity contribution >= 4 is 22.6 Å². The zero-order valence-electron chi connectivity index (χ0n) is 12.6. The van der Waals surface area contributed by atoms with Crippen molar-refractivity contribution in [2.75, 3.05) is 5.32 Å². The number of hydrogen-bond donors (Lipinski definition) is 3. The second kappa shape index (κ2) is 5.65. The molecule has 3 aromatic rings. The van der Waals surface area contributed by atoms with E-state index in [2.05, 4.69) is 15.4 Å². The number of H-pyrrole nitrogens is 1. The van der Waals surface area contributed by atoms with Crippen LogP contribution in [0.25, 0.3) is 10.9 Å². The van der Waals surface area contributed by atoms with Crippen LogP contribution in [0.5, 0.6) is 0 Å². The van der Waals surface area contributed by atoms with Crippen LogP contribution >= 0.6 is 0 Å². The first-order chi connectivity index (χ1) is 10.5. The third-order valence-electron chi connectivity index (χ3n) is 3.82. The quantitative estimate of drug-likeness (QED) is 0.685. The molecule has 0 aliphatic carbocycles. The Hall–Kier alpha value is -2.60. The molecule has 2 heterocycles. The summed E-state index contributed by atoms with van der Waals surface area (Å²) in [4.78, 5) is 15.4. The van der Waals surface area contributed by atoms with E-state index in [9.17, 15) is 4.79 Å². The number of fused-ring (bicyclic) bond motifs is 1. The van der Waals surface area contributed by atoms with Crippen LogP contribution in [0.15, 0.2) is 36.5 Å². The molecule has 6 heteroatoms. The number of anilines is 1. The molecule has 3 rings (SSSR count). The molecule has 0 saturated heterocycles. The molecule has 22 heavy (non-hydrogen) atoms. The minimum atomic E-state index is -0.624. The summed E-state index contributed by atoms with van der Waals surface area (Å²) in [5.74, 6) is 0.294. The average molecular weight is 297 g/mol. The van der Waals surface area contributed by atoms with Gasteiger partial charge in [0.25, 0.3) is 0 Å². The third kappa shape index (κ3) is 2.73. The normalized spacial score (nSPS) is 12.5. The highest BCUT2D eigenvalue weighted by Gasteiger charge is 2.17. The molecule has 0 fully saturated rings. The maximum atomic E-state index is 12.2. The van der Waals surface area contributed by atoms with Crippen molar-refractivity contribution in [1.82, 2.24) is 14.8 Å². The number of amides is 1. The Morgan fingerprint density at radius 1 is 1.45 bits per heavy atom. The second-order valence-electron chi connectivity index (χ2n) is 5.45. The standard InChI is InChI=1S/C16H19N5O/c1-10-7-15(20-21(10)2)19-16(22)13(17)8-11-9-18-14-6-4-3-5-12(11)14/h3-7,9,13,18H,8,17H2,1-2H3,(H,19,20,22)/t13-/m0/s1. The summed E-state index contributed by atoms with van der Waals surface area (Å²) >= 11 is 0. The molecule has 0 aliphatic rings. The highest BCUT2D eigenvalue weighted by Crippen LogP contribution is 2.19. The number of nitrogens with one attached hydrogen (secondary N) is 2. The van der Waals surface area contributed by atoms with Gasteiger partial charge in [-0.2, -0.15) is 5.10 Å². The molecule has 0 bridgehead atoms. The highest BCUT2D eigenvalue weighted by molar-refractivity contribution is 5.94. The minimum Gasteiger partial charge on any atom is -0.361 e. The highest BCUT2D eigenvalue weighted by atomic mass is 16.2. The van der Waals surface area contributed by atoms with Crippen LogP contribution in [0.3, 0.4) is 0 Å². The van der Waals surface area contributed by atoms with Gasteiger partial charge in [0.1, 0.15) is 0 Å². The number of rotatable bonds is 4. The number of para-hydroxylation sites is 1. The Labute approximate surface area is 128 Å². The molecule has 114 valence electrons. The lowest BCUT2D eigenvalue weighted by Crippen LogP contribution is -2.37. The fourth-order valence-electron chi connectivity index (χ4n) is 2.47. The van der Waals surface area contributed by atoms with Crippen LogP contribution < -0.4 is 11.1 Å². The first kappa shape index (κ1) is 14.3. The summed E-state index contributed by atoms with van der Waals surface area (Å²) in [6.45, 7) is 1.93. The van der Waals surface area contributed by atoms with Crippen molar-refractivity contribution < 1.29 is 4.79 Å². The molecular formula is C16H19N5O. The average Bonchev–Trinajstić information content (AvgIpc) is 3.03. The molecule has 2 aromatic heterocycles. The minimum absolute atomic E-state index is 0.233. The molecule has 0 aliphatic heterocycles. The summed E-state index contributed by atoms with van der Waals surface area (Å²) in [6, 6.07) is 9.16. The van der Waals surface area contributed by atoms with Gasteiger partial charge in [-0.15, -0.1) is 0 Å². The Morgan fingerprint density at radius 2 is 2.23 bits per heavy atom. The SMILES string of the molecule is Cc1cc(NC(=O)[C@@H](N)Cc2c[nH]c3ccccc23)nn1C. The van der Waals surface area contributed by atoms with Gasteiger partial charge < -0.3 is 16.0 Å².